The molecule has 0 bridgehead atoms. The fraction of sp³-hybridized carbons (Fsp3) is 0.480. The Labute approximate surface area is 180 Å². The van der Waals surface area contributed by atoms with Crippen molar-refractivity contribution in [2.75, 3.05) is 57.9 Å². The number of carbonyl (C=O) groups excluding carboxylic acids is 1. The molecule has 1 aliphatic rings. The number of aldehydes is 1. The molecule has 2 aromatic carbocycles. The van der Waals surface area contributed by atoms with Gasteiger partial charge in [0.15, 0.2) is 0 Å². The maximum atomic E-state index is 11.6. The highest BCUT2D eigenvalue weighted by Crippen LogP contribution is 2.32. The van der Waals surface area contributed by atoms with E-state index in [0.29, 0.717) is 6.61 Å². The van der Waals surface area contributed by atoms with Gasteiger partial charge in [-0.3, -0.25) is 9.69 Å². The summed E-state index contributed by atoms with van der Waals surface area (Å²) in [6.07, 6.45) is 1.96. The molecule has 1 saturated heterocycles. The van der Waals surface area contributed by atoms with Crippen molar-refractivity contribution in [1.82, 2.24) is 4.90 Å². The second-order valence-electron chi connectivity index (χ2n) is 7.98. The summed E-state index contributed by atoms with van der Waals surface area (Å²) in [6.45, 7) is 12.5. The average molecular weight is 411 g/mol. The minimum Gasteiger partial charge on any atom is -0.493 e. The smallest absolute Gasteiger partial charge is 0.150 e. The number of benzene rings is 2. The van der Waals surface area contributed by atoms with Gasteiger partial charge in [-0.1, -0.05) is 6.07 Å². The van der Waals surface area contributed by atoms with Gasteiger partial charge >= 0.3 is 0 Å². The van der Waals surface area contributed by atoms with Crippen molar-refractivity contribution in [3.8, 4) is 16.9 Å². The Bertz CT molecular complexity index is 860. The summed E-state index contributed by atoms with van der Waals surface area (Å²) in [5.41, 5.74) is 6.12. The zero-order valence-corrected chi connectivity index (χ0v) is 18.7. The van der Waals surface area contributed by atoms with E-state index in [9.17, 15) is 4.79 Å². The third kappa shape index (κ3) is 5.41. The van der Waals surface area contributed by atoms with Crippen LogP contribution in [0.5, 0.6) is 5.75 Å². The molecule has 5 heteroatoms. The molecule has 30 heavy (non-hydrogen) atoms. The molecule has 0 aromatic heterocycles. The van der Waals surface area contributed by atoms with E-state index in [2.05, 4.69) is 48.9 Å². The zero-order valence-electron chi connectivity index (χ0n) is 18.7. The van der Waals surface area contributed by atoms with Crippen molar-refractivity contribution in [3.05, 3.63) is 47.0 Å². The van der Waals surface area contributed by atoms with Gasteiger partial charge in [0.25, 0.3) is 0 Å². The fourth-order valence-corrected chi connectivity index (χ4v) is 3.86. The number of ether oxygens (including phenoxy) is 2. The minimum atomic E-state index is 0.711. The molecule has 0 saturated carbocycles. The topological polar surface area (TPSA) is 42.0 Å². The average Bonchev–Trinajstić information content (AvgIpc) is 2.78. The first-order valence-corrected chi connectivity index (χ1v) is 10.9. The van der Waals surface area contributed by atoms with Crippen molar-refractivity contribution >= 4 is 12.0 Å². The SMILES string of the molecule is CCN(C)c1cc(-c2ccc(OCCCN3CCOCC3)c(C)c2)cc(C=O)c1C. The normalized spacial score (nSPS) is 14.5. The molecule has 0 spiro atoms. The van der Waals surface area contributed by atoms with Crippen LogP contribution in [-0.2, 0) is 4.74 Å². The molecule has 0 amide bonds. The number of anilines is 1. The second-order valence-corrected chi connectivity index (χ2v) is 7.98. The first-order valence-electron chi connectivity index (χ1n) is 10.9. The lowest BCUT2D eigenvalue weighted by molar-refractivity contribution is 0.0358. The van der Waals surface area contributed by atoms with E-state index in [-0.39, 0.29) is 0 Å². The summed E-state index contributed by atoms with van der Waals surface area (Å²) >= 11 is 0. The van der Waals surface area contributed by atoms with Crippen LogP contribution in [0.15, 0.2) is 30.3 Å². The highest BCUT2D eigenvalue weighted by atomic mass is 16.5. The lowest BCUT2D eigenvalue weighted by atomic mass is 9.97. The third-order valence-electron chi connectivity index (χ3n) is 5.92. The van der Waals surface area contributed by atoms with Gasteiger partial charge in [0, 0.05) is 44.5 Å². The predicted molar refractivity (Wildman–Crippen MR) is 123 cm³/mol. The summed E-state index contributed by atoms with van der Waals surface area (Å²) in [4.78, 5) is 16.2. The van der Waals surface area contributed by atoms with Crippen LogP contribution in [0.2, 0.25) is 0 Å². The number of rotatable bonds is 9. The Kier molecular flexibility index (Phi) is 7.88. The number of hydrogen-bond acceptors (Lipinski definition) is 5. The number of morpholine rings is 1. The van der Waals surface area contributed by atoms with Crippen molar-refractivity contribution in [1.29, 1.82) is 0 Å². The van der Waals surface area contributed by atoms with Gasteiger partial charge in [0.2, 0.25) is 0 Å². The summed E-state index contributed by atoms with van der Waals surface area (Å²) in [5.74, 6) is 0.925. The molecule has 0 radical (unpaired) electrons. The fourth-order valence-electron chi connectivity index (χ4n) is 3.86. The molecule has 0 atom stereocenters. The van der Waals surface area contributed by atoms with Crippen LogP contribution in [-0.4, -0.2) is 64.2 Å². The molecule has 0 aliphatic carbocycles. The first-order chi connectivity index (χ1) is 14.5. The van der Waals surface area contributed by atoms with Gasteiger partial charge < -0.3 is 14.4 Å². The van der Waals surface area contributed by atoms with Crippen LogP contribution in [0.25, 0.3) is 11.1 Å². The van der Waals surface area contributed by atoms with Crippen LogP contribution in [0, 0.1) is 13.8 Å². The van der Waals surface area contributed by atoms with Crippen molar-refractivity contribution < 1.29 is 14.3 Å². The van der Waals surface area contributed by atoms with Gasteiger partial charge in [-0.15, -0.1) is 0 Å². The number of hydrogen-bond donors (Lipinski definition) is 0. The standard InChI is InChI=1S/C25H34N2O3/c1-5-26(4)24-17-22(16-23(18-28)20(24)3)21-7-8-25(19(2)15-21)30-12-6-9-27-10-13-29-14-11-27/h7-8,15-18H,5-6,9-14H2,1-4H3. The second kappa shape index (κ2) is 10.6. The number of carbonyl (C=O) groups is 1. The maximum absolute atomic E-state index is 11.6. The molecule has 2 aromatic rings. The van der Waals surface area contributed by atoms with E-state index in [4.69, 9.17) is 9.47 Å². The Morgan fingerprint density at radius 1 is 1.13 bits per heavy atom. The van der Waals surface area contributed by atoms with Gasteiger partial charge in [-0.25, -0.2) is 0 Å². The Morgan fingerprint density at radius 3 is 2.57 bits per heavy atom. The van der Waals surface area contributed by atoms with Gasteiger partial charge in [0.1, 0.15) is 12.0 Å². The van der Waals surface area contributed by atoms with Crippen LogP contribution in [0.1, 0.15) is 34.8 Å². The third-order valence-corrected chi connectivity index (χ3v) is 5.92. The van der Waals surface area contributed by atoms with Crippen LogP contribution < -0.4 is 9.64 Å². The monoisotopic (exact) mass is 410 g/mol. The molecular formula is C25H34N2O3. The quantitative estimate of drug-likeness (QED) is 0.454. The van der Waals surface area contributed by atoms with E-state index in [1.807, 2.05) is 19.1 Å². The van der Waals surface area contributed by atoms with E-state index in [1.54, 1.807) is 0 Å². The molecular weight excluding hydrogens is 376 g/mol. The van der Waals surface area contributed by atoms with Crippen molar-refractivity contribution in [3.63, 3.8) is 0 Å². The molecule has 1 aliphatic heterocycles. The lowest BCUT2D eigenvalue weighted by Crippen LogP contribution is -2.37. The highest BCUT2D eigenvalue weighted by molar-refractivity contribution is 5.85. The minimum absolute atomic E-state index is 0.711. The van der Waals surface area contributed by atoms with Crippen LogP contribution >= 0.6 is 0 Å². The van der Waals surface area contributed by atoms with Gasteiger partial charge in [0.05, 0.1) is 19.8 Å². The first kappa shape index (κ1) is 22.3. The number of nitrogens with zero attached hydrogens (tertiary/aromatic N) is 2. The molecule has 0 N–H and O–H groups in total. The highest BCUT2D eigenvalue weighted by Gasteiger charge is 2.13. The Morgan fingerprint density at radius 2 is 1.90 bits per heavy atom. The van der Waals surface area contributed by atoms with Crippen molar-refractivity contribution in [2.24, 2.45) is 0 Å². The predicted octanol–water partition coefficient (Wildman–Crippen LogP) is 4.34. The molecule has 3 rings (SSSR count). The summed E-state index contributed by atoms with van der Waals surface area (Å²) < 4.78 is 11.4. The van der Waals surface area contributed by atoms with Crippen molar-refractivity contribution in [2.45, 2.75) is 27.2 Å². The summed E-state index contributed by atoms with van der Waals surface area (Å²) in [7, 11) is 2.06. The van der Waals surface area contributed by atoms with E-state index in [1.165, 1.54) is 0 Å². The van der Waals surface area contributed by atoms with Crippen LogP contribution in [0.4, 0.5) is 5.69 Å². The Hall–Kier alpha value is -2.37. The Balaban J connectivity index is 1.69. The van der Waals surface area contributed by atoms with Gasteiger partial charge in [-0.05, 0) is 73.7 Å². The summed E-state index contributed by atoms with van der Waals surface area (Å²) in [5, 5.41) is 0. The number of aryl methyl sites for hydroxylation is 1. The van der Waals surface area contributed by atoms with E-state index >= 15 is 0 Å². The molecule has 162 valence electrons. The largest absolute Gasteiger partial charge is 0.493 e. The van der Waals surface area contributed by atoms with Crippen LogP contribution in [0.3, 0.4) is 0 Å². The zero-order chi connectivity index (χ0) is 21.5. The summed E-state index contributed by atoms with van der Waals surface area (Å²) in [6, 6.07) is 10.4. The maximum Gasteiger partial charge on any atom is 0.150 e. The van der Waals surface area contributed by atoms with E-state index < -0.39 is 0 Å². The molecule has 1 heterocycles. The molecule has 1 fully saturated rings. The van der Waals surface area contributed by atoms with E-state index in [0.717, 1.165) is 91.4 Å². The molecule has 0 unspecified atom stereocenters. The molecule has 5 nitrogen and oxygen atoms in total. The van der Waals surface area contributed by atoms with Gasteiger partial charge in [-0.2, -0.15) is 0 Å². The lowest BCUT2D eigenvalue weighted by Gasteiger charge is -2.26.